The number of aliphatic hydroxyl groups is 1. The molecule has 0 spiro atoms. The highest BCUT2D eigenvalue weighted by Gasteiger charge is 2.49. The van der Waals surface area contributed by atoms with Crippen molar-refractivity contribution in [3.63, 3.8) is 0 Å². The second-order valence-electron chi connectivity index (χ2n) is 9.56. The number of non-ortho nitro benzene ring substituents is 1. The number of benzene rings is 3. The van der Waals surface area contributed by atoms with Gasteiger partial charge in [-0.3, -0.25) is 19.8 Å². The Morgan fingerprint density at radius 1 is 1.14 bits per heavy atom. The molecule has 3 aromatic carbocycles. The summed E-state index contributed by atoms with van der Waals surface area (Å²) in [6, 6.07) is 19.4. The van der Waals surface area contributed by atoms with Crippen LogP contribution in [0.15, 0.2) is 66.7 Å². The third kappa shape index (κ3) is 5.06. The van der Waals surface area contributed by atoms with Crippen LogP contribution in [0.25, 0.3) is 0 Å². The fourth-order valence-corrected chi connectivity index (χ4v) is 4.80. The van der Waals surface area contributed by atoms with Crippen LogP contribution in [-0.2, 0) is 17.0 Å². The van der Waals surface area contributed by atoms with E-state index in [-0.39, 0.29) is 24.3 Å². The molecule has 0 saturated heterocycles. The molecule has 0 heterocycles. The summed E-state index contributed by atoms with van der Waals surface area (Å²) in [6.45, 7) is 2.61. The van der Waals surface area contributed by atoms with Gasteiger partial charge in [0.05, 0.1) is 18.1 Å². The Bertz CT molecular complexity index is 1240. The minimum Gasteiger partial charge on any atom is -0.396 e. The van der Waals surface area contributed by atoms with Gasteiger partial charge in [0.25, 0.3) is 5.69 Å². The summed E-state index contributed by atoms with van der Waals surface area (Å²) in [7, 11) is 1.87. The van der Waals surface area contributed by atoms with E-state index in [2.05, 4.69) is 0 Å². The number of carbonyl (C=O) groups excluding carboxylic acids is 1. The molecule has 1 aliphatic carbocycles. The lowest BCUT2D eigenvalue weighted by atomic mass is 9.88. The Balaban J connectivity index is 1.88. The zero-order chi connectivity index (χ0) is 25.9. The van der Waals surface area contributed by atoms with Gasteiger partial charge in [0.15, 0.2) is 12.0 Å². The maximum Gasteiger partial charge on any atom is 0.269 e. The molecule has 36 heavy (non-hydrogen) atoms. The van der Waals surface area contributed by atoms with Crippen LogP contribution in [0.1, 0.15) is 45.5 Å². The summed E-state index contributed by atoms with van der Waals surface area (Å²) in [5, 5.41) is 21.5. The Kier molecular flexibility index (Phi) is 7.57. The molecule has 0 amide bonds. The molecule has 0 aliphatic heterocycles. The van der Waals surface area contributed by atoms with Crippen LogP contribution in [0, 0.1) is 22.5 Å². The molecule has 8 heteroatoms. The van der Waals surface area contributed by atoms with Gasteiger partial charge in [-0.05, 0) is 38.4 Å². The lowest BCUT2D eigenvalue weighted by Gasteiger charge is -2.44. The number of carbonyl (C=O) groups is 1. The largest absolute Gasteiger partial charge is 0.396 e. The molecule has 4 rings (SSSR count). The first-order chi connectivity index (χ1) is 17.2. The van der Waals surface area contributed by atoms with Crippen molar-refractivity contribution in [1.82, 2.24) is 4.90 Å². The minimum absolute atomic E-state index is 0.00606. The van der Waals surface area contributed by atoms with Crippen LogP contribution in [0.3, 0.4) is 0 Å². The topological polar surface area (TPSA) is 92.9 Å². The second kappa shape index (κ2) is 10.5. The molecule has 0 bridgehead atoms. The number of aliphatic hydroxyl groups excluding tert-OH is 1. The lowest BCUT2D eigenvalue weighted by molar-refractivity contribution is -0.384. The van der Waals surface area contributed by atoms with Gasteiger partial charge in [-0.25, -0.2) is 0 Å². The Morgan fingerprint density at radius 3 is 2.36 bits per heavy atom. The van der Waals surface area contributed by atoms with E-state index in [1.165, 1.54) is 12.1 Å². The number of nitrogens with zero attached hydrogens (tertiary/aromatic N) is 2. The van der Waals surface area contributed by atoms with Gasteiger partial charge in [-0.15, -0.1) is 0 Å². The van der Waals surface area contributed by atoms with Gasteiger partial charge in [0, 0.05) is 45.8 Å². The molecule has 188 valence electrons. The maximum atomic E-state index is 12.2. The van der Waals surface area contributed by atoms with E-state index in [0.717, 1.165) is 35.8 Å². The van der Waals surface area contributed by atoms with Crippen LogP contribution >= 0.6 is 11.6 Å². The van der Waals surface area contributed by atoms with Gasteiger partial charge >= 0.3 is 0 Å². The van der Waals surface area contributed by atoms with Crippen molar-refractivity contribution >= 4 is 23.6 Å². The number of nitro groups is 1. The fraction of sp³-hybridized carbons (Fsp3) is 0.321. The van der Waals surface area contributed by atoms with Crippen LogP contribution in [-0.4, -0.2) is 41.5 Å². The van der Waals surface area contributed by atoms with Crippen molar-refractivity contribution in [3.05, 3.63) is 110 Å². The number of hydrogen-bond acceptors (Lipinski definition) is 6. The van der Waals surface area contributed by atoms with Crippen molar-refractivity contribution in [3.8, 4) is 0 Å². The summed E-state index contributed by atoms with van der Waals surface area (Å²) in [5.74, 6) is 0. The molecule has 1 unspecified atom stereocenters. The van der Waals surface area contributed by atoms with Crippen molar-refractivity contribution in [1.29, 1.82) is 0 Å². The highest BCUT2D eigenvalue weighted by Crippen LogP contribution is 2.49. The zero-order valence-corrected chi connectivity index (χ0v) is 21.1. The van der Waals surface area contributed by atoms with Gasteiger partial charge in [-0.2, -0.15) is 0 Å². The summed E-state index contributed by atoms with van der Waals surface area (Å²) in [5.41, 5.74) is 2.00. The summed E-state index contributed by atoms with van der Waals surface area (Å²) in [4.78, 5) is 24.9. The SMILES string of the molecule is Cc1ccc(C(OCC2(CO)CC2)(c2c(Cl)cccc2C=O)N(C)Cc2ccc([N+](=O)[O-])cc2)cc1. The normalized spacial score (nSPS) is 15.9. The molecule has 0 aromatic heterocycles. The van der Waals surface area contributed by atoms with E-state index in [0.29, 0.717) is 22.7 Å². The number of aldehydes is 1. The Hall–Kier alpha value is -3.10. The molecule has 1 fully saturated rings. The molecule has 1 N–H and O–H groups in total. The van der Waals surface area contributed by atoms with Crippen LogP contribution in [0.4, 0.5) is 5.69 Å². The first kappa shape index (κ1) is 26.0. The van der Waals surface area contributed by atoms with E-state index < -0.39 is 10.6 Å². The summed E-state index contributed by atoms with van der Waals surface area (Å²) < 4.78 is 6.79. The standard InChI is InChI=1S/C28H29ClN2O5/c1-20-6-10-23(11-7-20)28(36-19-27(18-33)14-15-27,26-22(17-32)4-3-5-25(26)29)30(2)16-21-8-12-24(13-9-21)31(34)35/h3-13,17,33H,14-16,18-19H2,1-2H3. The molecule has 3 aromatic rings. The third-order valence-corrected chi connectivity index (χ3v) is 7.25. The number of nitro benzene ring substituents is 1. The quantitative estimate of drug-likeness (QED) is 0.159. The van der Waals surface area contributed by atoms with E-state index in [1.54, 1.807) is 30.3 Å². The van der Waals surface area contributed by atoms with Gasteiger partial charge in [-0.1, -0.05) is 65.7 Å². The van der Waals surface area contributed by atoms with E-state index >= 15 is 0 Å². The maximum absolute atomic E-state index is 12.2. The van der Waals surface area contributed by atoms with Crippen molar-refractivity contribution in [2.75, 3.05) is 20.3 Å². The van der Waals surface area contributed by atoms with E-state index in [9.17, 15) is 20.0 Å². The highest BCUT2D eigenvalue weighted by atomic mass is 35.5. The lowest BCUT2D eigenvalue weighted by Crippen LogP contribution is -2.48. The molecular weight excluding hydrogens is 480 g/mol. The Labute approximate surface area is 215 Å². The molecule has 0 radical (unpaired) electrons. The first-order valence-electron chi connectivity index (χ1n) is 11.8. The number of halogens is 1. The first-order valence-corrected chi connectivity index (χ1v) is 12.1. The monoisotopic (exact) mass is 508 g/mol. The average Bonchev–Trinajstić information content (AvgIpc) is 3.66. The van der Waals surface area contributed by atoms with Gasteiger partial charge in [0.2, 0.25) is 0 Å². The highest BCUT2D eigenvalue weighted by molar-refractivity contribution is 6.31. The van der Waals surface area contributed by atoms with Crippen LogP contribution in [0.5, 0.6) is 0 Å². The minimum atomic E-state index is -1.27. The van der Waals surface area contributed by atoms with Gasteiger partial charge < -0.3 is 9.84 Å². The van der Waals surface area contributed by atoms with Crippen molar-refractivity contribution in [2.45, 2.75) is 32.0 Å². The van der Waals surface area contributed by atoms with Gasteiger partial charge in [0.1, 0.15) is 0 Å². The molecule has 1 aliphatic rings. The molecule has 1 atom stereocenters. The van der Waals surface area contributed by atoms with Crippen molar-refractivity contribution in [2.24, 2.45) is 5.41 Å². The zero-order valence-electron chi connectivity index (χ0n) is 20.3. The number of aryl methyl sites for hydroxylation is 1. The summed E-state index contributed by atoms with van der Waals surface area (Å²) >= 11 is 6.79. The van der Waals surface area contributed by atoms with E-state index in [4.69, 9.17) is 16.3 Å². The number of rotatable bonds is 11. The molecule has 7 nitrogen and oxygen atoms in total. The van der Waals surface area contributed by atoms with Crippen molar-refractivity contribution < 1.29 is 19.6 Å². The van der Waals surface area contributed by atoms with Crippen LogP contribution in [0.2, 0.25) is 5.02 Å². The smallest absolute Gasteiger partial charge is 0.269 e. The second-order valence-corrected chi connectivity index (χ2v) is 9.97. The fourth-order valence-electron chi connectivity index (χ4n) is 4.49. The van der Waals surface area contributed by atoms with Crippen LogP contribution < -0.4 is 0 Å². The third-order valence-electron chi connectivity index (χ3n) is 6.94. The predicted octanol–water partition coefficient (Wildman–Crippen LogP) is 5.49. The molecular formula is C28H29ClN2O5. The average molecular weight is 509 g/mol. The predicted molar refractivity (Wildman–Crippen MR) is 138 cm³/mol. The Morgan fingerprint density at radius 2 is 1.81 bits per heavy atom. The summed E-state index contributed by atoms with van der Waals surface area (Å²) in [6.07, 6.45) is 2.47. The molecule has 1 saturated carbocycles. The van der Waals surface area contributed by atoms with E-state index in [1.807, 2.05) is 43.1 Å². The number of hydrogen-bond donors (Lipinski definition) is 1. The number of ether oxygens (including phenoxy) is 1.